The van der Waals surface area contributed by atoms with Gasteiger partial charge in [-0.2, -0.15) is 0 Å². The van der Waals surface area contributed by atoms with Crippen LogP contribution < -0.4 is 5.32 Å². The maximum atomic E-state index is 10.1. The molecule has 0 aliphatic carbocycles. The van der Waals surface area contributed by atoms with Gasteiger partial charge in [0.1, 0.15) is 0 Å². The van der Waals surface area contributed by atoms with E-state index in [4.69, 9.17) is 23.2 Å². The molecule has 0 saturated heterocycles. The van der Waals surface area contributed by atoms with Crippen molar-refractivity contribution < 1.29 is 4.79 Å². The lowest BCUT2D eigenvalue weighted by Gasteiger charge is -2.04. The zero-order valence-electron chi connectivity index (χ0n) is 5.77. The predicted molar refractivity (Wildman–Crippen MR) is 53.8 cm³/mol. The van der Waals surface area contributed by atoms with Gasteiger partial charge in [-0.3, -0.25) is 4.79 Å². The summed E-state index contributed by atoms with van der Waals surface area (Å²) in [5, 5.41) is 3.15. The van der Waals surface area contributed by atoms with E-state index in [1.54, 1.807) is 12.1 Å². The van der Waals surface area contributed by atoms with E-state index in [2.05, 4.69) is 21.2 Å². The van der Waals surface area contributed by atoms with Crippen molar-refractivity contribution in [2.24, 2.45) is 0 Å². The van der Waals surface area contributed by atoms with E-state index < -0.39 is 0 Å². The van der Waals surface area contributed by atoms with Gasteiger partial charge >= 0.3 is 0 Å². The fraction of sp³-hybridized carbons (Fsp3) is 0. The van der Waals surface area contributed by atoms with Gasteiger partial charge in [0.2, 0.25) is 6.41 Å². The molecule has 0 heterocycles. The van der Waals surface area contributed by atoms with Crippen LogP contribution in [-0.2, 0) is 4.79 Å². The highest BCUT2D eigenvalue weighted by molar-refractivity contribution is 9.10. The lowest BCUT2D eigenvalue weighted by molar-refractivity contribution is -0.105. The first-order valence-corrected chi connectivity index (χ1v) is 4.55. The second-order valence-corrected chi connectivity index (χ2v) is 3.60. The van der Waals surface area contributed by atoms with Gasteiger partial charge < -0.3 is 5.32 Å². The molecule has 1 rings (SSSR count). The normalized spacial score (nSPS) is 9.58. The van der Waals surface area contributed by atoms with Crippen LogP contribution in [0.15, 0.2) is 16.6 Å². The van der Waals surface area contributed by atoms with Crippen molar-refractivity contribution >= 4 is 51.2 Å². The summed E-state index contributed by atoms with van der Waals surface area (Å²) in [6, 6.07) is 3.37. The Morgan fingerprint density at radius 3 is 2.58 bits per heavy atom. The average Bonchev–Trinajstić information content (AvgIpc) is 2.07. The molecular formula is C7H4BrCl2NO. The van der Waals surface area contributed by atoms with Gasteiger partial charge in [0.15, 0.2) is 0 Å². The standard InChI is InChI=1S/C7H4BrCl2NO/c8-4-1-2-5(11-3-12)7(10)6(4)9/h1-3H,(H,11,12). The Hall–Kier alpha value is -0.250. The van der Waals surface area contributed by atoms with Crippen LogP contribution in [0.3, 0.4) is 0 Å². The number of hydrogen-bond acceptors (Lipinski definition) is 1. The van der Waals surface area contributed by atoms with Gasteiger partial charge in [0.25, 0.3) is 0 Å². The quantitative estimate of drug-likeness (QED) is 0.647. The van der Waals surface area contributed by atoms with Gasteiger partial charge in [-0.05, 0) is 28.1 Å². The molecule has 0 radical (unpaired) electrons. The maximum Gasteiger partial charge on any atom is 0.211 e. The first kappa shape index (κ1) is 9.84. The molecule has 0 aliphatic heterocycles. The number of benzene rings is 1. The van der Waals surface area contributed by atoms with Crippen molar-refractivity contribution in [3.8, 4) is 0 Å². The van der Waals surface area contributed by atoms with Crippen LogP contribution in [0.2, 0.25) is 10.0 Å². The van der Waals surface area contributed by atoms with Crippen LogP contribution in [0.5, 0.6) is 0 Å². The third-order valence-corrected chi connectivity index (χ3v) is 3.02. The smallest absolute Gasteiger partial charge is 0.211 e. The number of halogens is 3. The number of anilines is 1. The highest BCUT2D eigenvalue weighted by Gasteiger charge is 2.06. The van der Waals surface area contributed by atoms with E-state index in [0.717, 1.165) is 0 Å². The number of amides is 1. The summed E-state index contributed by atoms with van der Waals surface area (Å²) < 4.78 is 0.700. The van der Waals surface area contributed by atoms with E-state index in [-0.39, 0.29) is 0 Å². The molecule has 1 aromatic carbocycles. The molecule has 0 unspecified atom stereocenters. The molecule has 0 atom stereocenters. The van der Waals surface area contributed by atoms with E-state index >= 15 is 0 Å². The molecule has 5 heteroatoms. The Kier molecular flexibility index (Phi) is 3.38. The molecule has 1 aromatic rings. The molecule has 0 saturated carbocycles. The molecule has 0 aromatic heterocycles. The van der Waals surface area contributed by atoms with Crippen LogP contribution >= 0.6 is 39.1 Å². The minimum absolute atomic E-state index is 0.332. The highest BCUT2D eigenvalue weighted by Crippen LogP contribution is 2.35. The molecule has 0 spiro atoms. The molecule has 64 valence electrons. The summed E-state index contributed by atoms with van der Waals surface area (Å²) in [6.07, 6.45) is 0.547. The topological polar surface area (TPSA) is 29.1 Å². The number of carbonyl (C=O) groups is 1. The van der Waals surface area contributed by atoms with E-state index in [9.17, 15) is 4.79 Å². The highest BCUT2D eigenvalue weighted by atomic mass is 79.9. The second kappa shape index (κ2) is 4.12. The fourth-order valence-corrected chi connectivity index (χ4v) is 1.53. The molecule has 12 heavy (non-hydrogen) atoms. The Labute approximate surface area is 88.0 Å². The van der Waals surface area contributed by atoms with Crippen molar-refractivity contribution in [1.29, 1.82) is 0 Å². The average molecular weight is 269 g/mol. The van der Waals surface area contributed by atoms with Crippen molar-refractivity contribution in [3.63, 3.8) is 0 Å². The summed E-state index contributed by atoms with van der Waals surface area (Å²) in [5.41, 5.74) is 0.500. The second-order valence-electron chi connectivity index (χ2n) is 1.99. The lowest BCUT2D eigenvalue weighted by Crippen LogP contribution is -1.94. The Bertz CT molecular complexity index is 317. The first-order valence-electron chi connectivity index (χ1n) is 3.00. The van der Waals surface area contributed by atoms with Crippen LogP contribution in [0.25, 0.3) is 0 Å². The SMILES string of the molecule is O=CNc1ccc(Br)c(Cl)c1Cl. The minimum Gasteiger partial charge on any atom is -0.327 e. The lowest BCUT2D eigenvalue weighted by atomic mass is 10.3. The van der Waals surface area contributed by atoms with Crippen molar-refractivity contribution in [3.05, 3.63) is 26.7 Å². The number of rotatable bonds is 2. The Morgan fingerprint density at radius 2 is 2.00 bits per heavy atom. The minimum atomic E-state index is 0.332. The third-order valence-electron chi connectivity index (χ3n) is 1.25. The summed E-state index contributed by atoms with van der Waals surface area (Å²) in [4.78, 5) is 10.1. The van der Waals surface area contributed by atoms with Crippen molar-refractivity contribution in [1.82, 2.24) is 0 Å². The summed E-state index contributed by atoms with van der Waals surface area (Å²) in [7, 11) is 0. The predicted octanol–water partition coefficient (Wildman–Crippen LogP) is 3.32. The van der Waals surface area contributed by atoms with E-state index in [1.165, 1.54) is 0 Å². The fourth-order valence-electron chi connectivity index (χ4n) is 0.701. The molecule has 0 bridgehead atoms. The Morgan fingerprint density at radius 1 is 1.33 bits per heavy atom. The summed E-state index contributed by atoms with van der Waals surface area (Å²) in [6.45, 7) is 0. The molecule has 0 aliphatic rings. The molecule has 2 nitrogen and oxygen atoms in total. The van der Waals surface area contributed by atoms with Crippen LogP contribution in [0, 0.1) is 0 Å². The van der Waals surface area contributed by atoms with Crippen molar-refractivity contribution in [2.75, 3.05) is 5.32 Å². The number of nitrogens with one attached hydrogen (secondary N) is 1. The van der Waals surface area contributed by atoms with Crippen LogP contribution in [-0.4, -0.2) is 6.41 Å². The zero-order valence-corrected chi connectivity index (χ0v) is 8.87. The Balaban J connectivity index is 3.16. The van der Waals surface area contributed by atoms with Crippen LogP contribution in [0.1, 0.15) is 0 Å². The van der Waals surface area contributed by atoms with Gasteiger partial charge in [0.05, 0.1) is 15.7 Å². The van der Waals surface area contributed by atoms with Gasteiger partial charge in [-0.25, -0.2) is 0 Å². The van der Waals surface area contributed by atoms with E-state index in [0.29, 0.717) is 26.6 Å². The third kappa shape index (κ3) is 1.91. The van der Waals surface area contributed by atoms with Crippen LogP contribution in [0.4, 0.5) is 5.69 Å². The zero-order chi connectivity index (χ0) is 9.14. The summed E-state index contributed by atoms with van der Waals surface area (Å²) >= 11 is 14.8. The van der Waals surface area contributed by atoms with Gasteiger partial charge in [-0.1, -0.05) is 23.2 Å². The molecular weight excluding hydrogens is 265 g/mol. The first-order chi connectivity index (χ1) is 5.66. The molecule has 0 fully saturated rings. The van der Waals surface area contributed by atoms with Gasteiger partial charge in [0, 0.05) is 4.47 Å². The summed E-state index contributed by atoms with van der Waals surface area (Å²) in [5.74, 6) is 0. The van der Waals surface area contributed by atoms with Gasteiger partial charge in [-0.15, -0.1) is 0 Å². The monoisotopic (exact) mass is 267 g/mol. The maximum absolute atomic E-state index is 10.1. The number of carbonyl (C=O) groups excluding carboxylic acids is 1. The van der Waals surface area contributed by atoms with Crippen molar-refractivity contribution in [2.45, 2.75) is 0 Å². The van der Waals surface area contributed by atoms with E-state index in [1.807, 2.05) is 0 Å². The number of hydrogen-bond donors (Lipinski definition) is 1. The molecule has 1 N–H and O–H groups in total. The molecule has 1 amide bonds. The largest absolute Gasteiger partial charge is 0.327 e.